The van der Waals surface area contributed by atoms with Crippen LogP contribution in [-0.2, 0) is 57.7 Å². The first-order valence-electron chi connectivity index (χ1n) is 31.6. The van der Waals surface area contributed by atoms with Crippen LogP contribution in [-0.4, -0.2) is 189 Å². The van der Waals surface area contributed by atoms with E-state index in [1.165, 1.54) is 18.5 Å². The molecule has 548 valence electrons. The smallest absolute Gasteiger partial charge is 0.475 e. The van der Waals surface area contributed by atoms with Crippen molar-refractivity contribution in [3.05, 3.63) is 97.1 Å². The largest absolute Gasteiger partial charge is 0.490 e. The summed E-state index contributed by atoms with van der Waals surface area (Å²) in [6.07, 6.45) is 0.454. The molecular formula is C62H68F12N18O9Si. The van der Waals surface area contributed by atoms with E-state index in [1.807, 2.05) is 50.9 Å². The summed E-state index contributed by atoms with van der Waals surface area (Å²) in [4.78, 5) is 57.1. The van der Waals surface area contributed by atoms with Gasteiger partial charge in [-0.15, -0.1) is 0 Å². The van der Waals surface area contributed by atoms with Crippen LogP contribution in [0.1, 0.15) is 87.2 Å². The molecule has 0 radical (unpaired) electrons. The Bertz CT molecular complexity index is 4250. The van der Waals surface area contributed by atoms with Crippen molar-refractivity contribution in [2.75, 3.05) is 32.8 Å². The Morgan fingerprint density at radius 2 is 1.06 bits per heavy atom. The highest BCUT2D eigenvalue weighted by Gasteiger charge is 2.50. The van der Waals surface area contributed by atoms with Crippen molar-refractivity contribution in [3.63, 3.8) is 0 Å². The van der Waals surface area contributed by atoms with Crippen LogP contribution >= 0.6 is 0 Å². The number of ether oxygens (including phenoxy) is 3. The number of aliphatic hydroxyl groups is 2. The van der Waals surface area contributed by atoms with Crippen molar-refractivity contribution in [2.45, 2.75) is 170 Å². The van der Waals surface area contributed by atoms with E-state index in [9.17, 15) is 73.4 Å². The number of aliphatic carboxylic acids is 2. The van der Waals surface area contributed by atoms with Gasteiger partial charge in [-0.25, -0.2) is 39.5 Å². The molecule has 5 N–H and O–H groups in total. The summed E-state index contributed by atoms with van der Waals surface area (Å²) in [6.45, 7) is 9.48. The molecule has 0 amide bonds. The lowest BCUT2D eigenvalue weighted by Crippen LogP contribution is -2.65. The third-order valence-electron chi connectivity index (χ3n) is 17.3. The predicted octanol–water partition coefficient (Wildman–Crippen LogP) is 9.93. The van der Waals surface area contributed by atoms with Crippen molar-refractivity contribution >= 4 is 42.1 Å². The maximum atomic E-state index is 13.2. The van der Waals surface area contributed by atoms with Crippen LogP contribution in [0.5, 0.6) is 11.8 Å². The summed E-state index contributed by atoms with van der Waals surface area (Å²) in [5.41, 5.74) is 3.57. The van der Waals surface area contributed by atoms with E-state index in [2.05, 4.69) is 91.5 Å². The molecule has 4 aliphatic rings. The van der Waals surface area contributed by atoms with E-state index in [-0.39, 0.29) is 47.4 Å². The van der Waals surface area contributed by atoms with Gasteiger partial charge in [-0.3, -0.25) is 19.2 Å². The first kappa shape index (κ1) is 76.7. The molecule has 0 bridgehead atoms. The van der Waals surface area contributed by atoms with E-state index in [0.717, 1.165) is 76.3 Å². The molecule has 4 fully saturated rings. The molecule has 12 rings (SSSR count). The van der Waals surface area contributed by atoms with Crippen LogP contribution in [0.25, 0.3) is 44.6 Å². The predicted molar refractivity (Wildman–Crippen MR) is 334 cm³/mol. The number of alkyl halides is 12. The molecule has 0 unspecified atom stereocenters. The number of likely N-dealkylation sites (tertiary alicyclic amines) is 2. The van der Waals surface area contributed by atoms with Crippen molar-refractivity contribution in [1.29, 1.82) is 10.5 Å². The second-order valence-corrected chi connectivity index (χ2v) is 31.5. The van der Waals surface area contributed by atoms with Gasteiger partial charge in [-0.05, 0) is 69.5 Å². The van der Waals surface area contributed by atoms with Crippen LogP contribution in [0.3, 0.4) is 0 Å². The number of carbonyl (C=O) groups is 2. The minimum Gasteiger partial charge on any atom is -0.475 e. The fourth-order valence-corrected chi connectivity index (χ4v) is 12.9. The van der Waals surface area contributed by atoms with Gasteiger partial charge in [0, 0.05) is 112 Å². The molecule has 27 nitrogen and oxygen atoms in total. The number of rotatable bonds is 19. The van der Waals surface area contributed by atoms with Crippen LogP contribution < -0.4 is 9.47 Å². The van der Waals surface area contributed by atoms with Crippen molar-refractivity contribution in [2.24, 2.45) is 0 Å². The number of aliphatic hydroxyl groups excluding tert-OH is 2. The molecule has 10 heterocycles. The van der Waals surface area contributed by atoms with Gasteiger partial charge in [0.05, 0.1) is 73.4 Å². The number of nitrogens with zero attached hydrogens (tertiary/aromatic N) is 17. The highest BCUT2D eigenvalue weighted by molar-refractivity contribution is 6.76. The number of H-pyrrole nitrogens is 1. The third-order valence-corrected chi connectivity index (χ3v) is 19.1. The zero-order valence-corrected chi connectivity index (χ0v) is 55.6. The molecule has 40 heteroatoms. The number of hydrogen-bond donors (Lipinski definition) is 5. The highest BCUT2D eigenvalue weighted by atomic mass is 28.3. The molecule has 0 aromatic carbocycles. The van der Waals surface area contributed by atoms with Gasteiger partial charge in [0.25, 0.3) is 0 Å². The van der Waals surface area contributed by atoms with Gasteiger partial charge in [0.1, 0.15) is 54.0 Å². The SMILES string of the molecule is C[Si](C)(C)CCOCn1ccc2c(-c3cnn(C4(CC#N)CN([C@H]5CC[C@@H](Oc6cc(CO)nc(C(F)(F)F)n6)CC5)C4)c3)ncnc21.N#CCC1(n2cc(-c3ncnc4[nH]ccc34)cn2)CN([C@H]2CC[C@@H](Oc3cc(CO)nc(C(F)(F)F)n3)CC2)C1.O=C(O)C(F)(F)F.O=C(O)C(F)(F)F. The molecule has 2 aliphatic carbocycles. The van der Waals surface area contributed by atoms with Crippen molar-refractivity contribution < 1.29 is 96.9 Å². The second kappa shape index (κ2) is 31.4. The van der Waals surface area contributed by atoms with Crippen molar-refractivity contribution in [1.82, 2.24) is 78.8 Å². The summed E-state index contributed by atoms with van der Waals surface area (Å²) in [6, 6.07) is 12.7. The first-order valence-corrected chi connectivity index (χ1v) is 35.3. The van der Waals surface area contributed by atoms with E-state index in [1.54, 1.807) is 18.7 Å². The molecule has 102 heavy (non-hydrogen) atoms. The first-order chi connectivity index (χ1) is 48.0. The normalized spacial score (nSPS) is 19.3. The number of aromatic nitrogens is 14. The highest BCUT2D eigenvalue weighted by Crippen LogP contribution is 2.42. The van der Waals surface area contributed by atoms with Gasteiger partial charge >= 0.3 is 36.6 Å². The molecule has 0 atom stereocenters. The zero-order valence-electron chi connectivity index (χ0n) is 54.6. The van der Waals surface area contributed by atoms with Crippen LogP contribution in [0.4, 0.5) is 52.7 Å². The molecule has 8 aromatic rings. The summed E-state index contributed by atoms with van der Waals surface area (Å²) in [5.74, 6) is -8.52. The van der Waals surface area contributed by atoms with E-state index >= 15 is 0 Å². The zero-order chi connectivity index (χ0) is 74.2. The molecule has 2 aliphatic heterocycles. The average molecular weight is 1470 g/mol. The quantitative estimate of drug-likeness (QED) is 0.0285. The number of nitriles is 2. The Labute approximate surface area is 572 Å². The number of halogens is 12. The maximum absolute atomic E-state index is 13.2. The summed E-state index contributed by atoms with van der Waals surface area (Å²) in [5, 5.41) is 63.4. The van der Waals surface area contributed by atoms with Crippen LogP contribution in [0.2, 0.25) is 25.7 Å². The Balaban J connectivity index is 0.000000202. The summed E-state index contributed by atoms with van der Waals surface area (Å²) >= 11 is 0. The van der Waals surface area contributed by atoms with Gasteiger partial charge in [-0.1, -0.05) is 19.6 Å². The summed E-state index contributed by atoms with van der Waals surface area (Å²) < 4.78 is 166. The van der Waals surface area contributed by atoms with E-state index in [4.69, 9.17) is 39.1 Å². The number of carboxylic acids is 2. The number of carboxylic acid groups (broad SMARTS) is 2. The lowest BCUT2D eigenvalue weighted by atomic mass is 9.82. The Morgan fingerprint density at radius 1 is 0.627 bits per heavy atom. The molecule has 8 aromatic heterocycles. The Morgan fingerprint density at radius 3 is 1.46 bits per heavy atom. The van der Waals surface area contributed by atoms with Crippen molar-refractivity contribution in [3.8, 4) is 46.4 Å². The monoisotopic (exact) mass is 1460 g/mol. The Kier molecular flexibility index (Phi) is 23.6. The van der Waals surface area contributed by atoms with Crippen LogP contribution in [0.15, 0.2) is 74.1 Å². The third kappa shape index (κ3) is 19.0. The second-order valence-electron chi connectivity index (χ2n) is 25.9. The number of fused-ring (bicyclic) bond motifs is 2. The molecular weight excluding hydrogens is 1400 g/mol. The van der Waals surface area contributed by atoms with Gasteiger partial charge in [0.15, 0.2) is 0 Å². The molecule has 2 saturated heterocycles. The Hall–Kier alpha value is -9.48. The minimum atomic E-state index is -5.08. The fraction of sp³-hybridized carbons (Fsp3) is 0.516. The number of aromatic amines is 1. The van der Waals surface area contributed by atoms with E-state index in [0.29, 0.717) is 78.0 Å². The average Bonchev–Trinajstić information content (AvgIpc) is 1.39. The number of nitrogens with one attached hydrogen (secondary N) is 1. The maximum Gasteiger partial charge on any atom is 0.490 e. The fourth-order valence-electron chi connectivity index (χ4n) is 12.2. The number of hydrogen-bond acceptors (Lipinski definition) is 21. The lowest BCUT2D eigenvalue weighted by Gasteiger charge is -2.53. The summed E-state index contributed by atoms with van der Waals surface area (Å²) in [7, 11) is -1.18. The molecule has 2 saturated carbocycles. The van der Waals surface area contributed by atoms with Gasteiger partial charge in [0.2, 0.25) is 23.4 Å². The minimum absolute atomic E-state index is 0.139. The molecule has 0 spiro atoms. The topological polar surface area (TPSA) is 356 Å². The standard InChI is InChI=1S/C32H40F3N9O3Si.C26H26F3N9O2.2C2HF3O2/c1-48(2,3)13-12-46-21-42-11-8-26-28(37-20-38-29(26)42)22-15-39-44(16-22)31(9-10-36)18-43(19-31)24-4-6-25(7-5-24)47-27-14-23(17-45)40-30(41-27)32(33,34)35;27-26(28,29)24-35-17(12-39)9-21(36-24)40-19-3-1-18(2-4-19)37-13-25(14-37,6-7-30)38-11-16(10-34-38)22-20-5-8-31-23(20)33-15-32-22;2*3-2(4,5)1(6)7/h8,11,14-16,20,24-25,45H,4-7,9,12-13,17-19,21H2,1-3H3;5,8-11,15,18-19,39H,1-4,6,12-14H2,(H,31,32,33);2*(H,6,7)/t24-,25+;18-,19+;;. The lowest BCUT2D eigenvalue weighted by molar-refractivity contribution is -0.193. The van der Waals surface area contributed by atoms with Gasteiger partial charge in [-0.2, -0.15) is 83.4 Å². The van der Waals surface area contributed by atoms with Crippen LogP contribution in [0, 0.1) is 22.7 Å². The van der Waals surface area contributed by atoms with Gasteiger partial charge < -0.3 is 44.2 Å². The van der Waals surface area contributed by atoms with E-state index < -0.39 is 80.7 Å².